The summed E-state index contributed by atoms with van der Waals surface area (Å²) < 4.78 is 1.51. The SMILES string of the molecule is O=C(Cn1nnc(-c2ccccc2-n2cnnn2)n1)Nc1ccccc1. The number of tetrazole rings is 2. The van der Waals surface area contributed by atoms with Crippen LogP contribution in [0, 0.1) is 0 Å². The van der Waals surface area contributed by atoms with E-state index in [1.165, 1.54) is 15.8 Å². The molecule has 0 aliphatic heterocycles. The van der Waals surface area contributed by atoms with Crippen LogP contribution in [0.3, 0.4) is 0 Å². The summed E-state index contributed by atoms with van der Waals surface area (Å²) in [7, 11) is 0. The Morgan fingerprint density at radius 2 is 1.81 bits per heavy atom. The minimum Gasteiger partial charge on any atom is -0.324 e. The van der Waals surface area contributed by atoms with Crippen LogP contribution >= 0.6 is 0 Å². The van der Waals surface area contributed by atoms with E-state index in [2.05, 4.69) is 36.3 Å². The summed E-state index contributed by atoms with van der Waals surface area (Å²) in [5, 5.41) is 26.2. The summed E-state index contributed by atoms with van der Waals surface area (Å²) in [6, 6.07) is 16.6. The van der Waals surface area contributed by atoms with Crippen molar-refractivity contribution in [3.05, 3.63) is 60.9 Å². The van der Waals surface area contributed by atoms with Gasteiger partial charge in [-0.2, -0.15) is 9.48 Å². The molecule has 2 aromatic carbocycles. The first-order chi connectivity index (χ1) is 12.8. The molecule has 0 saturated carbocycles. The highest BCUT2D eigenvalue weighted by molar-refractivity contribution is 5.90. The molecule has 0 fully saturated rings. The van der Waals surface area contributed by atoms with Gasteiger partial charge in [-0.05, 0) is 39.9 Å². The van der Waals surface area contributed by atoms with Gasteiger partial charge in [0.2, 0.25) is 11.7 Å². The third kappa shape index (κ3) is 3.29. The van der Waals surface area contributed by atoms with Gasteiger partial charge in [0.25, 0.3) is 0 Å². The highest BCUT2D eigenvalue weighted by Gasteiger charge is 2.14. The zero-order chi connectivity index (χ0) is 17.8. The largest absolute Gasteiger partial charge is 0.324 e. The van der Waals surface area contributed by atoms with Crippen molar-refractivity contribution in [3.63, 3.8) is 0 Å². The molecule has 26 heavy (non-hydrogen) atoms. The zero-order valence-electron chi connectivity index (χ0n) is 13.5. The minimum atomic E-state index is -0.242. The van der Waals surface area contributed by atoms with Crippen molar-refractivity contribution in [2.45, 2.75) is 6.54 Å². The number of rotatable bonds is 5. The van der Waals surface area contributed by atoms with Crippen molar-refractivity contribution in [3.8, 4) is 17.1 Å². The van der Waals surface area contributed by atoms with E-state index in [4.69, 9.17) is 0 Å². The van der Waals surface area contributed by atoms with Crippen molar-refractivity contribution in [2.75, 3.05) is 5.32 Å². The molecule has 0 radical (unpaired) electrons. The van der Waals surface area contributed by atoms with E-state index in [1.807, 2.05) is 42.5 Å². The molecule has 10 nitrogen and oxygen atoms in total. The Kier molecular flexibility index (Phi) is 4.13. The van der Waals surface area contributed by atoms with Gasteiger partial charge in [-0.3, -0.25) is 4.79 Å². The first-order valence-corrected chi connectivity index (χ1v) is 7.75. The van der Waals surface area contributed by atoms with Gasteiger partial charge in [0.15, 0.2) is 0 Å². The van der Waals surface area contributed by atoms with E-state index in [1.54, 1.807) is 12.1 Å². The van der Waals surface area contributed by atoms with Crippen LogP contribution in [0.5, 0.6) is 0 Å². The van der Waals surface area contributed by atoms with Crippen molar-refractivity contribution < 1.29 is 4.79 Å². The lowest BCUT2D eigenvalue weighted by molar-refractivity contribution is -0.117. The smallest absolute Gasteiger partial charge is 0.248 e. The molecule has 0 aliphatic carbocycles. The van der Waals surface area contributed by atoms with Crippen LogP contribution < -0.4 is 5.32 Å². The maximum absolute atomic E-state index is 12.1. The number of anilines is 1. The fourth-order valence-electron chi connectivity index (χ4n) is 2.40. The molecule has 1 amide bonds. The third-order valence-electron chi connectivity index (χ3n) is 3.54. The molecule has 0 aliphatic rings. The highest BCUT2D eigenvalue weighted by atomic mass is 16.2. The summed E-state index contributed by atoms with van der Waals surface area (Å²) in [6.07, 6.45) is 1.48. The first-order valence-electron chi connectivity index (χ1n) is 7.75. The molecule has 0 spiro atoms. The van der Waals surface area contributed by atoms with E-state index >= 15 is 0 Å². The minimum absolute atomic E-state index is 0.0467. The Labute approximate surface area is 147 Å². The predicted octanol–water partition coefficient (Wildman–Crippen LogP) is 0.954. The Morgan fingerprint density at radius 1 is 1.00 bits per heavy atom. The average molecular weight is 347 g/mol. The molecule has 4 aromatic rings. The van der Waals surface area contributed by atoms with Crippen molar-refractivity contribution in [1.29, 1.82) is 0 Å². The van der Waals surface area contributed by atoms with Crippen LogP contribution in [0.4, 0.5) is 5.69 Å². The number of aromatic nitrogens is 8. The number of benzene rings is 2. The van der Waals surface area contributed by atoms with Crippen molar-refractivity contribution in [1.82, 2.24) is 40.4 Å². The number of nitrogens with zero attached hydrogens (tertiary/aromatic N) is 8. The summed E-state index contributed by atoms with van der Waals surface area (Å²) in [4.78, 5) is 13.4. The predicted molar refractivity (Wildman–Crippen MR) is 91.0 cm³/mol. The average Bonchev–Trinajstić information content (AvgIpc) is 3.34. The number of para-hydroxylation sites is 2. The van der Waals surface area contributed by atoms with Crippen molar-refractivity contribution in [2.24, 2.45) is 0 Å². The number of carbonyl (C=O) groups excluding carboxylic acids is 1. The standard InChI is InChI=1S/C16H13N9O/c26-15(18-12-6-2-1-3-7-12)10-25-20-16(19-22-25)13-8-4-5-9-14(13)24-11-17-21-23-24/h1-9,11H,10H2,(H,18,26). The summed E-state index contributed by atoms with van der Waals surface area (Å²) >= 11 is 0. The van der Waals surface area contributed by atoms with Crippen LogP contribution in [0.25, 0.3) is 17.1 Å². The highest BCUT2D eigenvalue weighted by Crippen LogP contribution is 2.21. The summed E-state index contributed by atoms with van der Waals surface area (Å²) in [6.45, 7) is -0.0467. The monoisotopic (exact) mass is 347 g/mol. The summed E-state index contributed by atoms with van der Waals surface area (Å²) in [5.41, 5.74) is 2.13. The van der Waals surface area contributed by atoms with Crippen LogP contribution in [-0.4, -0.2) is 46.3 Å². The second-order valence-corrected chi connectivity index (χ2v) is 5.33. The van der Waals surface area contributed by atoms with E-state index in [0.29, 0.717) is 22.8 Å². The maximum atomic E-state index is 12.1. The molecule has 2 heterocycles. The number of carbonyl (C=O) groups is 1. The molecular weight excluding hydrogens is 334 g/mol. The molecule has 0 bridgehead atoms. The molecule has 1 N–H and O–H groups in total. The normalized spacial score (nSPS) is 10.6. The van der Waals surface area contributed by atoms with Crippen LogP contribution in [0.1, 0.15) is 0 Å². The Balaban J connectivity index is 1.53. The number of hydrogen-bond acceptors (Lipinski definition) is 7. The van der Waals surface area contributed by atoms with Crippen LogP contribution in [0.15, 0.2) is 60.9 Å². The summed E-state index contributed by atoms with van der Waals surface area (Å²) in [5.74, 6) is 0.137. The number of amides is 1. The fraction of sp³-hybridized carbons (Fsp3) is 0.0625. The molecule has 4 rings (SSSR count). The van der Waals surface area contributed by atoms with Gasteiger partial charge in [0.05, 0.1) is 5.69 Å². The maximum Gasteiger partial charge on any atom is 0.248 e. The van der Waals surface area contributed by atoms with E-state index < -0.39 is 0 Å². The van der Waals surface area contributed by atoms with E-state index in [0.717, 1.165) is 0 Å². The third-order valence-corrected chi connectivity index (χ3v) is 3.54. The van der Waals surface area contributed by atoms with Crippen LogP contribution in [-0.2, 0) is 11.3 Å². The number of hydrogen-bond donors (Lipinski definition) is 1. The van der Waals surface area contributed by atoms with Gasteiger partial charge in [-0.25, -0.2) is 0 Å². The zero-order valence-corrected chi connectivity index (χ0v) is 13.5. The lowest BCUT2D eigenvalue weighted by atomic mass is 10.1. The van der Waals surface area contributed by atoms with Gasteiger partial charge in [0, 0.05) is 11.3 Å². The fourth-order valence-corrected chi connectivity index (χ4v) is 2.40. The second kappa shape index (κ2) is 6.89. The molecule has 0 atom stereocenters. The van der Waals surface area contributed by atoms with Crippen LogP contribution in [0.2, 0.25) is 0 Å². The molecule has 128 valence electrons. The Hall–Kier alpha value is -3.95. The number of nitrogens with one attached hydrogen (secondary N) is 1. The topological polar surface area (TPSA) is 116 Å². The lowest BCUT2D eigenvalue weighted by Crippen LogP contribution is -2.20. The lowest BCUT2D eigenvalue weighted by Gasteiger charge is -2.04. The quantitative estimate of drug-likeness (QED) is 0.571. The molecule has 10 heteroatoms. The molecule has 2 aromatic heterocycles. The van der Waals surface area contributed by atoms with Gasteiger partial charge in [0.1, 0.15) is 12.9 Å². The molecule has 0 unspecified atom stereocenters. The van der Waals surface area contributed by atoms with E-state index in [-0.39, 0.29) is 12.5 Å². The van der Waals surface area contributed by atoms with Gasteiger partial charge >= 0.3 is 0 Å². The first kappa shape index (κ1) is 15.6. The van der Waals surface area contributed by atoms with Gasteiger partial charge in [-0.15, -0.1) is 15.3 Å². The molecule has 0 saturated heterocycles. The van der Waals surface area contributed by atoms with Gasteiger partial charge in [-0.1, -0.05) is 30.3 Å². The Morgan fingerprint density at radius 3 is 2.62 bits per heavy atom. The van der Waals surface area contributed by atoms with Crippen molar-refractivity contribution >= 4 is 11.6 Å². The molecular formula is C16H13N9O. The second-order valence-electron chi connectivity index (χ2n) is 5.33. The van der Waals surface area contributed by atoms with Gasteiger partial charge < -0.3 is 5.32 Å². The van der Waals surface area contributed by atoms with E-state index in [9.17, 15) is 4.79 Å². The Bertz CT molecular complexity index is 1010.